The van der Waals surface area contributed by atoms with Crippen molar-refractivity contribution >= 4 is 11.7 Å². The summed E-state index contributed by atoms with van der Waals surface area (Å²) in [5, 5.41) is 11.6. The first-order chi connectivity index (χ1) is 6.68. The molecule has 76 valence electrons. The van der Waals surface area contributed by atoms with E-state index in [1.165, 1.54) is 0 Å². The van der Waals surface area contributed by atoms with Crippen LogP contribution in [-0.2, 0) is 4.79 Å². The molecule has 4 heteroatoms. The second-order valence-electron chi connectivity index (χ2n) is 3.11. The highest BCUT2D eigenvalue weighted by Gasteiger charge is 1.96. The molecule has 1 heterocycles. The molecule has 4 nitrogen and oxygen atoms in total. The van der Waals surface area contributed by atoms with Gasteiger partial charge in [-0.15, -0.1) is 0 Å². The Hall–Kier alpha value is -1.58. The van der Waals surface area contributed by atoms with E-state index in [4.69, 9.17) is 5.11 Å². The predicted molar refractivity (Wildman–Crippen MR) is 54.3 cm³/mol. The number of pyridine rings is 1. The van der Waals surface area contributed by atoms with Crippen molar-refractivity contribution in [2.75, 3.05) is 11.9 Å². The Labute approximate surface area is 83.0 Å². The zero-order valence-electron chi connectivity index (χ0n) is 8.16. The van der Waals surface area contributed by atoms with E-state index in [9.17, 15) is 4.79 Å². The van der Waals surface area contributed by atoms with Gasteiger partial charge in [0.15, 0.2) is 0 Å². The first-order valence-corrected chi connectivity index (χ1v) is 4.57. The fourth-order valence-corrected chi connectivity index (χ4v) is 1.13. The van der Waals surface area contributed by atoms with E-state index in [1.807, 2.05) is 19.1 Å². The highest BCUT2D eigenvalue weighted by Crippen LogP contribution is 2.06. The molecule has 0 radical (unpaired) electrons. The molecular formula is C10H14N2O2. The zero-order chi connectivity index (χ0) is 10.4. The number of hydrogen-bond acceptors (Lipinski definition) is 3. The Morgan fingerprint density at radius 3 is 3.07 bits per heavy atom. The number of nitrogens with one attached hydrogen (secondary N) is 1. The molecule has 14 heavy (non-hydrogen) atoms. The van der Waals surface area contributed by atoms with Crippen molar-refractivity contribution < 1.29 is 9.90 Å². The number of aromatic nitrogens is 1. The Balaban J connectivity index is 2.28. The van der Waals surface area contributed by atoms with Crippen molar-refractivity contribution in [3.63, 3.8) is 0 Å². The van der Waals surface area contributed by atoms with E-state index in [0.717, 1.165) is 11.4 Å². The lowest BCUT2D eigenvalue weighted by Crippen LogP contribution is -2.04. The lowest BCUT2D eigenvalue weighted by Gasteiger charge is -2.05. The van der Waals surface area contributed by atoms with Gasteiger partial charge in [0.05, 0.1) is 0 Å². The van der Waals surface area contributed by atoms with E-state index in [2.05, 4.69) is 10.3 Å². The van der Waals surface area contributed by atoms with Crippen LogP contribution in [0.15, 0.2) is 18.3 Å². The molecule has 0 aliphatic rings. The topological polar surface area (TPSA) is 62.2 Å². The minimum Gasteiger partial charge on any atom is -0.481 e. The SMILES string of the molecule is Cc1cc(NCCCC(=O)O)ccn1. The number of carboxylic acids is 1. The lowest BCUT2D eigenvalue weighted by atomic mass is 10.3. The van der Waals surface area contributed by atoms with Gasteiger partial charge in [0, 0.05) is 30.5 Å². The van der Waals surface area contributed by atoms with Gasteiger partial charge in [-0.05, 0) is 25.5 Å². The van der Waals surface area contributed by atoms with Crippen molar-refractivity contribution in [2.24, 2.45) is 0 Å². The van der Waals surface area contributed by atoms with Crippen molar-refractivity contribution in [2.45, 2.75) is 19.8 Å². The molecule has 0 fully saturated rings. The van der Waals surface area contributed by atoms with E-state index in [1.54, 1.807) is 6.20 Å². The molecule has 0 saturated heterocycles. The van der Waals surface area contributed by atoms with E-state index in [0.29, 0.717) is 13.0 Å². The average molecular weight is 194 g/mol. The molecule has 0 amide bonds. The van der Waals surface area contributed by atoms with Crippen LogP contribution < -0.4 is 5.32 Å². The van der Waals surface area contributed by atoms with Gasteiger partial charge in [0.25, 0.3) is 0 Å². The smallest absolute Gasteiger partial charge is 0.303 e. The van der Waals surface area contributed by atoms with Gasteiger partial charge in [-0.3, -0.25) is 9.78 Å². The fraction of sp³-hybridized carbons (Fsp3) is 0.400. The van der Waals surface area contributed by atoms with Crippen LogP contribution in [-0.4, -0.2) is 22.6 Å². The van der Waals surface area contributed by atoms with E-state index >= 15 is 0 Å². The van der Waals surface area contributed by atoms with Crippen LogP contribution in [0.3, 0.4) is 0 Å². The second-order valence-corrected chi connectivity index (χ2v) is 3.11. The van der Waals surface area contributed by atoms with Crippen LogP contribution in [0, 0.1) is 6.92 Å². The largest absolute Gasteiger partial charge is 0.481 e. The predicted octanol–water partition coefficient (Wildman–Crippen LogP) is 1.67. The maximum absolute atomic E-state index is 10.2. The first kappa shape index (κ1) is 10.5. The molecule has 0 spiro atoms. The number of anilines is 1. The third-order valence-electron chi connectivity index (χ3n) is 1.79. The number of rotatable bonds is 5. The Kier molecular flexibility index (Phi) is 3.91. The van der Waals surface area contributed by atoms with E-state index < -0.39 is 5.97 Å². The molecule has 0 atom stereocenters. The summed E-state index contributed by atoms with van der Waals surface area (Å²) in [5.74, 6) is -0.752. The number of carboxylic acid groups (broad SMARTS) is 1. The molecule has 1 aromatic heterocycles. The Morgan fingerprint density at radius 2 is 2.43 bits per heavy atom. The maximum atomic E-state index is 10.2. The summed E-state index contributed by atoms with van der Waals surface area (Å²) in [6, 6.07) is 3.80. The van der Waals surface area contributed by atoms with Gasteiger partial charge < -0.3 is 10.4 Å². The first-order valence-electron chi connectivity index (χ1n) is 4.57. The Bertz CT molecular complexity index is 313. The normalized spacial score (nSPS) is 9.79. The standard InChI is InChI=1S/C10H14N2O2/c1-8-7-9(4-6-11-8)12-5-2-3-10(13)14/h4,6-7H,2-3,5H2,1H3,(H,11,12)(H,13,14). The van der Waals surface area contributed by atoms with Crippen molar-refractivity contribution in [3.8, 4) is 0 Å². The minimum atomic E-state index is -0.752. The average Bonchev–Trinajstić information content (AvgIpc) is 2.12. The van der Waals surface area contributed by atoms with Crippen molar-refractivity contribution in [3.05, 3.63) is 24.0 Å². The van der Waals surface area contributed by atoms with E-state index in [-0.39, 0.29) is 6.42 Å². The van der Waals surface area contributed by atoms with Gasteiger partial charge in [-0.25, -0.2) is 0 Å². The summed E-state index contributed by atoms with van der Waals surface area (Å²) in [6.45, 7) is 2.60. The third-order valence-corrected chi connectivity index (χ3v) is 1.79. The van der Waals surface area contributed by atoms with Crippen LogP contribution in [0.5, 0.6) is 0 Å². The fourth-order valence-electron chi connectivity index (χ4n) is 1.13. The summed E-state index contributed by atoms with van der Waals surface area (Å²) in [6.07, 6.45) is 2.57. The second kappa shape index (κ2) is 5.21. The highest BCUT2D eigenvalue weighted by atomic mass is 16.4. The molecule has 0 aliphatic carbocycles. The van der Waals surface area contributed by atoms with Crippen LogP contribution in [0.2, 0.25) is 0 Å². The van der Waals surface area contributed by atoms with Gasteiger partial charge in [0.1, 0.15) is 0 Å². The summed E-state index contributed by atoms with van der Waals surface area (Å²) < 4.78 is 0. The number of nitrogens with zero attached hydrogens (tertiary/aromatic N) is 1. The van der Waals surface area contributed by atoms with Crippen molar-refractivity contribution in [1.82, 2.24) is 4.98 Å². The number of aryl methyl sites for hydroxylation is 1. The quantitative estimate of drug-likeness (QED) is 0.700. The van der Waals surface area contributed by atoms with Gasteiger partial charge in [-0.1, -0.05) is 0 Å². The molecule has 0 saturated carbocycles. The van der Waals surface area contributed by atoms with Gasteiger partial charge in [-0.2, -0.15) is 0 Å². The number of carbonyl (C=O) groups is 1. The van der Waals surface area contributed by atoms with Crippen LogP contribution >= 0.6 is 0 Å². The van der Waals surface area contributed by atoms with Crippen LogP contribution in [0.4, 0.5) is 5.69 Å². The Morgan fingerprint density at radius 1 is 1.64 bits per heavy atom. The highest BCUT2D eigenvalue weighted by molar-refractivity contribution is 5.66. The minimum absolute atomic E-state index is 0.205. The summed E-state index contributed by atoms with van der Waals surface area (Å²) in [4.78, 5) is 14.3. The van der Waals surface area contributed by atoms with Crippen molar-refractivity contribution in [1.29, 1.82) is 0 Å². The third kappa shape index (κ3) is 3.89. The zero-order valence-corrected chi connectivity index (χ0v) is 8.16. The lowest BCUT2D eigenvalue weighted by molar-refractivity contribution is -0.137. The molecule has 0 aromatic carbocycles. The summed E-state index contributed by atoms with van der Waals surface area (Å²) in [5.41, 5.74) is 1.94. The monoisotopic (exact) mass is 194 g/mol. The van der Waals surface area contributed by atoms with Gasteiger partial charge in [0.2, 0.25) is 0 Å². The molecule has 2 N–H and O–H groups in total. The van der Waals surface area contributed by atoms with Crippen LogP contribution in [0.1, 0.15) is 18.5 Å². The molecular weight excluding hydrogens is 180 g/mol. The maximum Gasteiger partial charge on any atom is 0.303 e. The van der Waals surface area contributed by atoms with Gasteiger partial charge >= 0.3 is 5.97 Å². The molecule has 1 rings (SSSR count). The molecule has 0 unspecified atom stereocenters. The number of hydrogen-bond donors (Lipinski definition) is 2. The van der Waals surface area contributed by atoms with Crippen LogP contribution in [0.25, 0.3) is 0 Å². The summed E-state index contributed by atoms with van der Waals surface area (Å²) >= 11 is 0. The molecule has 0 bridgehead atoms. The number of aliphatic carboxylic acids is 1. The molecule has 1 aromatic rings. The summed E-state index contributed by atoms with van der Waals surface area (Å²) in [7, 11) is 0. The molecule has 0 aliphatic heterocycles.